The van der Waals surface area contributed by atoms with Gasteiger partial charge in [0.1, 0.15) is 0 Å². The minimum Gasteiger partial charge on any atom is -0.392 e. The minimum atomic E-state index is -0.668. The lowest BCUT2D eigenvalue weighted by Gasteiger charge is -2.28. The number of carbonyl (C=O) groups is 1. The van der Waals surface area contributed by atoms with E-state index in [1.807, 2.05) is 24.0 Å². The number of pyridine rings is 3. The molecule has 3 aromatic heterocycles. The number of aromatic nitrogens is 3. The Morgan fingerprint density at radius 2 is 1.83 bits per heavy atom. The molecule has 0 fully saturated rings. The number of hydrogen-bond donors (Lipinski definition) is 2. The lowest BCUT2D eigenvalue weighted by molar-refractivity contribution is 0.0924. The molecule has 154 valence electrons. The van der Waals surface area contributed by atoms with Gasteiger partial charge in [0, 0.05) is 43.2 Å². The first-order valence-electron chi connectivity index (χ1n) is 9.31. The zero-order valence-corrected chi connectivity index (χ0v) is 17.5. The maximum absolute atomic E-state index is 12.8. The molecule has 8 heteroatoms. The van der Waals surface area contributed by atoms with Crippen LogP contribution in [0.3, 0.4) is 0 Å². The van der Waals surface area contributed by atoms with Crippen molar-refractivity contribution in [3.63, 3.8) is 0 Å². The molecule has 0 radical (unpaired) electrons. The SMILES string of the molecule is C=C(C)c1nccc(N(c2ccncc2)c2ccncc2C(=O)NCC(C)O)c1Cl. The second kappa shape index (κ2) is 9.47. The number of aliphatic hydroxyl groups excluding tert-OH is 1. The van der Waals surface area contributed by atoms with Gasteiger partial charge in [-0.3, -0.25) is 19.7 Å². The van der Waals surface area contributed by atoms with Crippen molar-refractivity contribution in [1.29, 1.82) is 0 Å². The molecule has 0 saturated carbocycles. The van der Waals surface area contributed by atoms with Crippen LogP contribution in [-0.2, 0) is 0 Å². The predicted octanol–water partition coefficient (Wildman–Crippen LogP) is 4.14. The third kappa shape index (κ3) is 4.64. The molecule has 0 bridgehead atoms. The lowest BCUT2D eigenvalue weighted by atomic mass is 10.1. The van der Waals surface area contributed by atoms with Crippen molar-refractivity contribution >= 4 is 40.1 Å². The molecule has 1 atom stereocenters. The Bertz CT molecular complexity index is 1060. The summed E-state index contributed by atoms with van der Waals surface area (Å²) in [6.07, 6.45) is 7.38. The number of hydrogen-bond acceptors (Lipinski definition) is 6. The summed E-state index contributed by atoms with van der Waals surface area (Å²) in [7, 11) is 0. The van der Waals surface area contributed by atoms with Crippen LogP contribution in [-0.4, -0.2) is 38.6 Å². The smallest absolute Gasteiger partial charge is 0.255 e. The van der Waals surface area contributed by atoms with Gasteiger partial charge in [0.2, 0.25) is 0 Å². The number of allylic oxidation sites excluding steroid dienone is 1. The first-order valence-corrected chi connectivity index (χ1v) is 9.68. The van der Waals surface area contributed by atoms with Crippen LogP contribution in [0.4, 0.5) is 17.1 Å². The van der Waals surface area contributed by atoms with Crippen molar-refractivity contribution in [3.8, 4) is 0 Å². The number of aliphatic hydroxyl groups is 1. The molecule has 3 aromatic rings. The topological polar surface area (TPSA) is 91.2 Å². The largest absolute Gasteiger partial charge is 0.392 e. The Balaban J connectivity index is 2.19. The maximum Gasteiger partial charge on any atom is 0.255 e. The summed E-state index contributed by atoms with van der Waals surface area (Å²) in [5.41, 5.74) is 3.58. The van der Waals surface area contributed by atoms with Gasteiger partial charge in [-0.15, -0.1) is 0 Å². The molecule has 0 aromatic carbocycles. The zero-order chi connectivity index (χ0) is 21.7. The van der Waals surface area contributed by atoms with Crippen molar-refractivity contribution in [2.24, 2.45) is 0 Å². The molecule has 3 rings (SSSR count). The van der Waals surface area contributed by atoms with E-state index in [9.17, 15) is 9.90 Å². The number of rotatable bonds is 7. The molecule has 0 saturated heterocycles. The van der Waals surface area contributed by atoms with E-state index in [1.165, 1.54) is 6.20 Å². The molecule has 0 aliphatic heterocycles. The highest BCUT2D eigenvalue weighted by atomic mass is 35.5. The van der Waals surface area contributed by atoms with Crippen molar-refractivity contribution in [2.45, 2.75) is 20.0 Å². The highest BCUT2D eigenvalue weighted by Crippen LogP contribution is 2.41. The fourth-order valence-electron chi connectivity index (χ4n) is 2.90. The van der Waals surface area contributed by atoms with E-state index in [-0.39, 0.29) is 12.5 Å². The molecule has 3 heterocycles. The number of halogens is 1. The molecule has 0 aliphatic carbocycles. The van der Waals surface area contributed by atoms with Gasteiger partial charge in [-0.25, -0.2) is 0 Å². The van der Waals surface area contributed by atoms with Crippen molar-refractivity contribution in [3.05, 3.63) is 78.1 Å². The van der Waals surface area contributed by atoms with Crippen LogP contribution < -0.4 is 10.2 Å². The minimum absolute atomic E-state index is 0.123. The molecule has 1 amide bonds. The predicted molar refractivity (Wildman–Crippen MR) is 118 cm³/mol. The first kappa shape index (κ1) is 21.4. The highest BCUT2D eigenvalue weighted by Gasteiger charge is 2.23. The van der Waals surface area contributed by atoms with Crippen LogP contribution in [0.2, 0.25) is 5.02 Å². The van der Waals surface area contributed by atoms with Crippen LogP contribution in [0, 0.1) is 0 Å². The van der Waals surface area contributed by atoms with Gasteiger partial charge in [-0.1, -0.05) is 18.2 Å². The lowest BCUT2D eigenvalue weighted by Crippen LogP contribution is -2.31. The summed E-state index contributed by atoms with van der Waals surface area (Å²) >= 11 is 6.70. The van der Waals surface area contributed by atoms with E-state index in [1.54, 1.807) is 43.8 Å². The van der Waals surface area contributed by atoms with Crippen LogP contribution in [0.5, 0.6) is 0 Å². The third-order valence-electron chi connectivity index (χ3n) is 4.28. The van der Waals surface area contributed by atoms with E-state index in [0.29, 0.717) is 27.7 Å². The number of carbonyl (C=O) groups excluding carboxylic acids is 1. The quantitative estimate of drug-likeness (QED) is 0.593. The van der Waals surface area contributed by atoms with E-state index in [0.717, 1.165) is 11.3 Å². The van der Waals surface area contributed by atoms with Crippen molar-refractivity contribution < 1.29 is 9.90 Å². The number of nitrogens with zero attached hydrogens (tertiary/aromatic N) is 4. The summed E-state index contributed by atoms with van der Waals surface area (Å²) in [5, 5.41) is 12.6. The van der Waals surface area contributed by atoms with E-state index >= 15 is 0 Å². The monoisotopic (exact) mass is 423 g/mol. The van der Waals surface area contributed by atoms with E-state index in [2.05, 4.69) is 26.8 Å². The molecule has 30 heavy (non-hydrogen) atoms. The fraction of sp³-hybridized carbons (Fsp3) is 0.182. The summed E-state index contributed by atoms with van der Waals surface area (Å²) in [6, 6.07) is 7.13. The van der Waals surface area contributed by atoms with Gasteiger partial charge in [0.05, 0.1) is 33.8 Å². The third-order valence-corrected chi connectivity index (χ3v) is 4.65. The van der Waals surface area contributed by atoms with Crippen LogP contribution in [0.25, 0.3) is 5.57 Å². The van der Waals surface area contributed by atoms with Crippen LogP contribution >= 0.6 is 11.6 Å². The maximum atomic E-state index is 12.8. The highest BCUT2D eigenvalue weighted by molar-refractivity contribution is 6.35. The number of anilines is 3. The van der Waals surface area contributed by atoms with Crippen molar-refractivity contribution in [2.75, 3.05) is 11.4 Å². The Kier molecular flexibility index (Phi) is 6.76. The summed E-state index contributed by atoms with van der Waals surface area (Å²) in [6.45, 7) is 7.50. The normalized spacial score (nSPS) is 11.6. The summed E-state index contributed by atoms with van der Waals surface area (Å²) < 4.78 is 0. The standard InChI is InChI=1S/C22H22ClN5O2/c1-14(2)21-20(23)19(7-11-26-21)28(16-4-8-24-9-5-16)18-6-10-25-13-17(18)22(30)27-12-15(3)29/h4-11,13,15,29H,1,12H2,2-3H3,(H,27,30). The second-order valence-corrected chi connectivity index (χ2v) is 7.14. The van der Waals surface area contributed by atoms with Gasteiger partial charge in [0.25, 0.3) is 5.91 Å². The molecule has 2 N–H and O–H groups in total. The Hall–Kier alpha value is -3.29. The zero-order valence-electron chi connectivity index (χ0n) is 16.7. The Morgan fingerprint density at radius 3 is 2.50 bits per heavy atom. The van der Waals surface area contributed by atoms with Crippen LogP contribution in [0.15, 0.2) is 61.8 Å². The summed E-state index contributed by atoms with van der Waals surface area (Å²) in [5.74, 6) is -0.358. The Morgan fingerprint density at radius 1 is 1.17 bits per heavy atom. The van der Waals surface area contributed by atoms with Gasteiger partial charge < -0.3 is 15.3 Å². The van der Waals surface area contributed by atoms with Gasteiger partial charge in [-0.05, 0) is 43.7 Å². The number of nitrogens with one attached hydrogen (secondary N) is 1. The Labute approximate surface area is 180 Å². The average Bonchev–Trinajstić information content (AvgIpc) is 2.74. The van der Waals surface area contributed by atoms with Crippen LogP contribution in [0.1, 0.15) is 29.9 Å². The second-order valence-electron chi connectivity index (χ2n) is 6.77. The van der Waals surface area contributed by atoms with E-state index in [4.69, 9.17) is 11.6 Å². The molecule has 0 spiro atoms. The van der Waals surface area contributed by atoms with Gasteiger partial charge in [0.15, 0.2) is 0 Å². The molecular weight excluding hydrogens is 402 g/mol. The molecule has 1 unspecified atom stereocenters. The van der Waals surface area contributed by atoms with Crippen molar-refractivity contribution in [1.82, 2.24) is 20.3 Å². The molecular formula is C22H22ClN5O2. The number of amides is 1. The van der Waals surface area contributed by atoms with E-state index < -0.39 is 6.10 Å². The molecule has 0 aliphatic rings. The summed E-state index contributed by atoms with van der Waals surface area (Å²) in [4.78, 5) is 27.2. The molecule has 7 nitrogen and oxygen atoms in total. The fourth-order valence-corrected chi connectivity index (χ4v) is 3.26. The van der Waals surface area contributed by atoms with Gasteiger partial charge >= 0.3 is 0 Å². The average molecular weight is 424 g/mol. The first-order chi connectivity index (χ1) is 14.4. The van der Waals surface area contributed by atoms with Gasteiger partial charge in [-0.2, -0.15) is 0 Å².